The van der Waals surface area contributed by atoms with Crippen LogP contribution in [0.25, 0.3) is 43.8 Å². The molecule has 6 rings (SSSR count). The summed E-state index contributed by atoms with van der Waals surface area (Å²) in [6.45, 7) is 0. The summed E-state index contributed by atoms with van der Waals surface area (Å²) in [5.74, 6) is 0. The van der Waals surface area contributed by atoms with Crippen LogP contribution in [0, 0.1) is 0 Å². The Hall–Kier alpha value is -3.13. The molecule has 0 saturated heterocycles. The number of rotatable bonds is 0. The quantitative estimate of drug-likeness (QED) is 0.359. The molecule has 2 heterocycles. The Bertz CT molecular complexity index is 1280. The number of aromatic nitrogens is 1. The van der Waals surface area contributed by atoms with Crippen molar-refractivity contribution in [2.45, 2.75) is 6.42 Å². The average Bonchev–Trinajstić information content (AvgIpc) is 3.20. The molecule has 2 nitrogen and oxygen atoms in total. The Kier molecular flexibility index (Phi) is 2.17. The molecule has 3 aromatic carbocycles. The molecule has 1 aliphatic rings. The first kappa shape index (κ1) is 12.3. The van der Waals surface area contributed by atoms with Gasteiger partial charge in [0.15, 0.2) is 0 Å². The second kappa shape index (κ2) is 4.24. The van der Waals surface area contributed by atoms with Gasteiger partial charge in [-0.3, -0.25) is 4.98 Å². The Morgan fingerprint density at radius 1 is 0.833 bits per heavy atom. The van der Waals surface area contributed by atoms with Gasteiger partial charge >= 0.3 is 0 Å². The topological polar surface area (TPSA) is 26.0 Å². The SMILES string of the molecule is c1ccc2c(c1)Cc1c-2c2ccncc2c2oc3ccccc3c12. The molecule has 0 spiro atoms. The lowest BCUT2D eigenvalue weighted by atomic mass is 9.95. The van der Waals surface area contributed by atoms with Crippen molar-refractivity contribution in [3.8, 4) is 11.1 Å². The van der Waals surface area contributed by atoms with Gasteiger partial charge in [0.2, 0.25) is 0 Å². The normalized spacial score (nSPS) is 12.8. The standard InChI is InChI=1S/C22H13NO/c1-2-6-14-13(5-1)11-17-20(14)15-9-10-23-12-18(15)22-21(17)16-7-3-4-8-19(16)24-22/h1-10,12H,11H2. The summed E-state index contributed by atoms with van der Waals surface area (Å²) in [6.07, 6.45) is 4.77. The van der Waals surface area contributed by atoms with Crippen molar-refractivity contribution in [3.05, 3.63) is 78.1 Å². The van der Waals surface area contributed by atoms with Crippen molar-refractivity contribution < 1.29 is 4.42 Å². The monoisotopic (exact) mass is 307 g/mol. The van der Waals surface area contributed by atoms with E-state index in [0.717, 1.165) is 23.0 Å². The van der Waals surface area contributed by atoms with Crippen LogP contribution in [0.3, 0.4) is 0 Å². The van der Waals surface area contributed by atoms with Crippen molar-refractivity contribution in [1.82, 2.24) is 4.98 Å². The summed E-state index contributed by atoms with van der Waals surface area (Å²) in [4.78, 5) is 4.35. The van der Waals surface area contributed by atoms with E-state index in [2.05, 4.69) is 47.4 Å². The number of benzene rings is 3. The lowest BCUT2D eigenvalue weighted by molar-refractivity contribution is 0.672. The second-order valence-electron chi connectivity index (χ2n) is 6.41. The second-order valence-corrected chi connectivity index (χ2v) is 6.41. The minimum Gasteiger partial charge on any atom is -0.455 e. The summed E-state index contributed by atoms with van der Waals surface area (Å²) in [5.41, 5.74) is 7.38. The van der Waals surface area contributed by atoms with Crippen molar-refractivity contribution in [2.24, 2.45) is 0 Å². The van der Waals surface area contributed by atoms with Gasteiger partial charge in [0, 0.05) is 28.6 Å². The molecule has 0 fully saturated rings. The summed E-state index contributed by atoms with van der Waals surface area (Å²) >= 11 is 0. The van der Waals surface area contributed by atoms with Crippen LogP contribution in [-0.2, 0) is 6.42 Å². The van der Waals surface area contributed by atoms with Crippen LogP contribution >= 0.6 is 0 Å². The van der Waals surface area contributed by atoms with Crippen LogP contribution in [0.4, 0.5) is 0 Å². The Balaban J connectivity index is 1.95. The average molecular weight is 307 g/mol. The lowest BCUT2D eigenvalue weighted by Gasteiger charge is -2.08. The Morgan fingerprint density at radius 3 is 2.71 bits per heavy atom. The molecule has 0 bridgehead atoms. The maximum absolute atomic E-state index is 6.25. The molecule has 0 amide bonds. The van der Waals surface area contributed by atoms with E-state index in [1.54, 1.807) is 0 Å². The maximum Gasteiger partial charge on any atom is 0.145 e. The van der Waals surface area contributed by atoms with Crippen molar-refractivity contribution in [1.29, 1.82) is 0 Å². The van der Waals surface area contributed by atoms with E-state index in [0.29, 0.717) is 0 Å². The third-order valence-electron chi connectivity index (χ3n) is 5.19. The molecule has 0 radical (unpaired) electrons. The summed E-state index contributed by atoms with van der Waals surface area (Å²) in [5, 5.41) is 4.77. The molecule has 24 heavy (non-hydrogen) atoms. The van der Waals surface area contributed by atoms with Gasteiger partial charge in [0.05, 0.1) is 0 Å². The van der Waals surface area contributed by atoms with Gasteiger partial charge in [0.1, 0.15) is 11.2 Å². The Morgan fingerprint density at radius 2 is 1.71 bits per heavy atom. The largest absolute Gasteiger partial charge is 0.455 e. The van der Waals surface area contributed by atoms with E-state index >= 15 is 0 Å². The van der Waals surface area contributed by atoms with Gasteiger partial charge in [-0.2, -0.15) is 0 Å². The van der Waals surface area contributed by atoms with Gasteiger partial charge in [-0.25, -0.2) is 0 Å². The molecule has 0 N–H and O–H groups in total. The van der Waals surface area contributed by atoms with E-state index in [1.165, 1.54) is 38.4 Å². The van der Waals surface area contributed by atoms with Crippen LogP contribution in [-0.4, -0.2) is 4.98 Å². The number of nitrogens with zero attached hydrogens (tertiary/aromatic N) is 1. The summed E-state index contributed by atoms with van der Waals surface area (Å²) in [7, 11) is 0. The number of furan rings is 1. The highest BCUT2D eigenvalue weighted by Crippen LogP contribution is 2.48. The van der Waals surface area contributed by atoms with E-state index in [-0.39, 0.29) is 0 Å². The third kappa shape index (κ3) is 1.39. The molecule has 2 aromatic heterocycles. The number of para-hydroxylation sites is 1. The summed E-state index contributed by atoms with van der Waals surface area (Å²) in [6, 6.07) is 19.1. The van der Waals surface area contributed by atoms with Crippen LogP contribution in [0.5, 0.6) is 0 Å². The first-order valence-corrected chi connectivity index (χ1v) is 8.20. The minimum absolute atomic E-state index is 0.946. The third-order valence-corrected chi connectivity index (χ3v) is 5.19. The first-order valence-electron chi connectivity index (χ1n) is 8.20. The molecule has 0 saturated carbocycles. The van der Waals surface area contributed by atoms with E-state index in [4.69, 9.17) is 4.42 Å². The lowest BCUT2D eigenvalue weighted by Crippen LogP contribution is -1.86. The predicted octanol–water partition coefficient (Wildman–Crippen LogP) is 5.71. The number of hydrogen-bond acceptors (Lipinski definition) is 2. The van der Waals surface area contributed by atoms with Crippen LogP contribution < -0.4 is 0 Å². The van der Waals surface area contributed by atoms with Gasteiger partial charge in [-0.15, -0.1) is 0 Å². The first-order chi connectivity index (χ1) is 11.9. The van der Waals surface area contributed by atoms with Gasteiger partial charge in [-0.1, -0.05) is 42.5 Å². The smallest absolute Gasteiger partial charge is 0.145 e. The van der Waals surface area contributed by atoms with Crippen LogP contribution in [0.15, 0.2) is 71.4 Å². The molecule has 1 aliphatic carbocycles. The fourth-order valence-electron chi connectivity index (χ4n) is 4.21. The maximum atomic E-state index is 6.25. The number of hydrogen-bond donors (Lipinski definition) is 0. The van der Waals surface area contributed by atoms with E-state index < -0.39 is 0 Å². The minimum atomic E-state index is 0.946. The van der Waals surface area contributed by atoms with Gasteiger partial charge in [-0.05, 0) is 46.2 Å². The van der Waals surface area contributed by atoms with Gasteiger partial charge in [0.25, 0.3) is 0 Å². The highest BCUT2D eigenvalue weighted by molar-refractivity contribution is 6.22. The zero-order valence-electron chi connectivity index (χ0n) is 12.9. The predicted molar refractivity (Wildman–Crippen MR) is 97.3 cm³/mol. The van der Waals surface area contributed by atoms with Crippen molar-refractivity contribution in [3.63, 3.8) is 0 Å². The molecule has 0 atom stereocenters. The highest BCUT2D eigenvalue weighted by Gasteiger charge is 2.26. The highest BCUT2D eigenvalue weighted by atomic mass is 16.3. The molecule has 0 aliphatic heterocycles. The van der Waals surface area contributed by atoms with Crippen molar-refractivity contribution in [2.75, 3.05) is 0 Å². The van der Waals surface area contributed by atoms with E-state index in [1.807, 2.05) is 24.5 Å². The number of fused-ring (bicyclic) bond motifs is 10. The van der Waals surface area contributed by atoms with E-state index in [9.17, 15) is 0 Å². The van der Waals surface area contributed by atoms with Gasteiger partial charge < -0.3 is 4.42 Å². The molecular weight excluding hydrogens is 294 g/mol. The van der Waals surface area contributed by atoms with Crippen LogP contribution in [0.1, 0.15) is 11.1 Å². The zero-order chi connectivity index (χ0) is 15.7. The van der Waals surface area contributed by atoms with Crippen molar-refractivity contribution >= 4 is 32.7 Å². The number of pyridine rings is 1. The zero-order valence-corrected chi connectivity index (χ0v) is 12.9. The molecule has 112 valence electrons. The van der Waals surface area contributed by atoms with Crippen LogP contribution in [0.2, 0.25) is 0 Å². The fourth-order valence-corrected chi connectivity index (χ4v) is 4.21. The molecule has 5 aromatic rings. The fraction of sp³-hybridized carbons (Fsp3) is 0.0455. The molecular formula is C22H13NO. The summed E-state index contributed by atoms with van der Waals surface area (Å²) < 4.78 is 6.25. The molecule has 0 unspecified atom stereocenters. The Labute approximate surface area is 138 Å². The molecule has 2 heteroatoms.